The van der Waals surface area contributed by atoms with Gasteiger partial charge in [0.05, 0.1) is 11.4 Å². The summed E-state index contributed by atoms with van der Waals surface area (Å²) in [6.45, 7) is 0. The molecule has 1 nitrogen and oxygen atoms in total. The summed E-state index contributed by atoms with van der Waals surface area (Å²) in [7, 11) is 0. The van der Waals surface area contributed by atoms with E-state index in [1.54, 1.807) is 0 Å². The second kappa shape index (κ2) is 13.8. The molecule has 0 spiro atoms. The Morgan fingerprint density at radius 3 is 1.81 bits per heavy atom. The molecule has 1 aliphatic carbocycles. The molecule has 54 heavy (non-hydrogen) atoms. The van der Waals surface area contributed by atoms with Crippen molar-refractivity contribution in [2.45, 2.75) is 12.8 Å². The van der Waals surface area contributed by atoms with E-state index in [9.17, 15) is 0 Å². The molecule has 9 aromatic rings. The standard InChI is InChI=1S/C52H37NS/c1-2-14-39(15-3-1)44-19-6-9-24-48(44)53(49-25-10-7-20-45(49)46-23-13-27-51-52(46)47-21-8-11-26-50(47)54-51)41-34-32-37(33-35-41)36-28-30-40(31-29-36)43-22-12-17-38-16-4-5-18-42(38)43/h1-10,12-25,27-35H,11,26H2. The molecule has 1 aliphatic rings. The zero-order chi connectivity index (χ0) is 35.8. The molecule has 1 aromatic heterocycles. The van der Waals surface area contributed by atoms with Gasteiger partial charge in [0, 0.05) is 31.8 Å². The minimum absolute atomic E-state index is 1.11. The Hall–Kier alpha value is -6.48. The zero-order valence-electron chi connectivity index (χ0n) is 29.8. The van der Waals surface area contributed by atoms with Gasteiger partial charge in [-0.1, -0.05) is 170 Å². The third-order valence-electron chi connectivity index (χ3n) is 10.8. The average molecular weight is 708 g/mol. The number of nitrogens with zero attached hydrogens (tertiary/aromatic N) is 1. The van der Waals surface area contributed by atoms with E-state index >= 15 is 0 Å². The van der Waals surface area contributed by atoms with Gasteiger partial charge in [-0.15, -0.1) is 11.3 Å². The Bertz CT molecular complexity index is 2800. The second-order valence-electron chi connectivity index (χ2n) is 13.9. The summed E-state index contributed by atoms with van der Waals surface area (Å²) in [5.41, 5.74) is 14.5. The van der Waals surface area contributed by atoms with Gasteiger partial charge in [-0.05, 0) is 92.9 Å². The number of hydrogen-bond donors (Lipinski definition) is 0. The number of benzene rings is 8. The summed E-state index contributed by atoms with van der Waals surface area (Å²) in [6, 6.07) is 68.6. The van der Waals surface area contributed by atoms with E-state index in [-0.39, 0.29) is 0 Å². The van der Waals surface area contributed by atoms with Crippen molar-refractivity contribution in [2.24, 2.45) is 0 Å². The molecule has 256 valence electrons. The van der Waals surface area contributed by atoms with Gasteiger partial charge in [-0.3, -0.25) is 0 Å². The van der Waals surface area contributed by atoms with Crippen molar-refractivity contribution < 1.29 is 0 Å². The highest BCUT2D eigenvalue weighted by Crippen LogP contribution is 2.48. The third-order valence-corrected chi connectivity index (χ3v) is 12.0. The molecule has 0 N–H and O–H groups in total. The lowest BCUT2D eigenvalue weighted by atomic mass is 9.93. The summed E-state index contributed by atoms with van der Waals surface area (Å²) in [5.74, 6) is 0. The Kier molecular flexibility index (Phi) is 8.24. The van der Waals surface area contributed by atoms with Crippen LogP contribution in [0.3, 0.4) is 0 Å². The van der Waals surface area contributed by atoms with Gasteiger partial charge in [0.2, 0.25) is 0 Å². The van der Waals surface area contributed by atoms with E-state index in [0.717, 1.165) is 29.9 Å². The fourth-order valence-electron chi connectivity index (χ4n) is 8.18. The number of fused-ring (bicyclic) bond motifs is 4. The van der Waals surface area contributed by atoms with Gasteiger partial charge < -0.3 is 4.90 Å². The molecule has 0 bridgehead atoms. The van der Waals surface area contributed by atoms with E-state index in [2.05, 4.69) is 205 Å². The molecule has 0 saturated carbocycles. The topological polar surface area (TPSA) is 3.24 Å². The molecule has 0 fully saturated rings. The van der Waals surface area contributed by atoms with Crippen LogP contribution < -0.4 is 4.90 Å². The van der Waals surface area contributed by atoms with E-state index in [1.807, 2.05) is 11.3 Å². The van der Waals surface area contributed by atoms with Crippen LogP contribution in [0.2, 0.25) is 0 Å². The summed E-state index contributed by atoms with van der Waals surface area (Å²) in [4.78, 5) is 3.95. The summed E-state index contributed by atoms with van der Waals surface area (Å²) < 4.78 is 1.35. The largest absolute Gasteiger partial charge is 0.309 e. The Labute approximate surface area is 320 Å². The first-order valence-corrected chi connectivity index (χ1v) is 19.6. The fraction of sp³-hybridized carbons (Fsp3) is 0.0385. The van der Waals surface area contributed by atoms with Crippen molar-refractivity contribution in [3.05, 3.63) is 205 Å². The number of rotatable bonds is 7. The highest BCUT2D eigenvalue weighted by atomic mass is 32.1. The first kappa shape index (κ1) is 32.2. The lowest BCUT2D eigenvalue weighted by Gasteiger charge is -2.30. The molecule has 10 rings (SSSR count). The number of thiophene rings is 1. The van der Waals surface area contributed by atoms with Crippen LogP contribution in [0.1, 0.15) is 16.9 Å². The number of para-hydroxylation sites is 2. The molecule has 0 radical (unpaired) electrons. The van der Waals surface area contributed by atoms with Crippen LogP contribution in [0.15, 0.2) is 194 Å². The first-order chi connectivity index (χ1) is 26.8. The van der Waals surface area contributed by atoms with Crippen LogP contribution in [0.5, 0.6) is 0 Å². The maximum Gasteiger partial charge on any atom is 0.0540 e. The molecular formula is C52H37NS. The highest BCUT2D eigenvalue weighted by Gasteiger charge is 2.23. The average Bonchev–Trinajstić information content (AvgIpc) is 3.64. The van der Waals surface area contributed by atoms with Gasteiger partial charge in [-0.2, -0.15) is 0 Å². The monoisotopic (exact) mass is 707 g/mol. The zero-order valence-corrected chi connectivity index (χ0v) is 30.6. The van der Waals surface area contributed by atoms with Crippen molar-refractivity contribution in [3.63, 3.8) is 0 Å². The SMILES string of the molecule is C1=Cc2c(sc3cccc(-c4ccccc4N(c4ccc(-c5ccc(-c6cccc7ccccc67)cc5)cc4)c4ccccc4-c4ccccc4)c23)CC1. The van der Waals surface area contributed by atoms with Gasteiger partial charge in [0.15, 0.2) is 0 Å². The maximum absolute atomic E-state index is 2.46. The predicted octanol–water partition coefficient (Wildman–Crippen LogP) is 15.2. The van der Waals surface area contributed by atoms with Gasteiger partial charge in [0.25, 0.3) is 0 Å². The summed E-state index contributed by atoms with van der Waals surface area (Å²) in [6.07, 6.45) is 6.90. The maximum atomic E-state index is 2.46. The van der Waals surface area contributed by atoms with Crippen molar-refractivity contribution >= 4 is 55.3 Å². The number of allylic oxidation sites excluding steroid dienone is 1. The Morgan fingerprint density at radius 2 is 1.00 bits per heavy atom. The minimum atomic E-state index is 1.11. The van der Waals surface area contributed by atoms with Crippen LogP contribution in [-0.4, -0.2) is 0 Å². The third kappa shape index (κ3) is 5.73. The van der Waals surface area contributed by atoms with Crippen LogP contribution >= 0.6 is 11.3 Å². The number of hydrogen-bond acceptors (Lipinski definition) is 2. The normalized spacial score (nSPS) is 12.2. The van der Waals surface area contributed by atoms with Gasteiger partial charge in [-0.25, -0.2) is 0 Å². The van der Waals surface area contributed by atoms with Gasteiger partial charge >= 0.3 is 0 Å². The smallest absolute Gasteiger partial charge is 0.0540 e. The second-order valence-corrected chi connectivity index (χ2v) is 15.1. The molecular weight excluding hydrogens is 671 g/mol. The molecule has 0 saturated heterocycles. The fourth-order valence-corrected chi connectivity index (χ4v) is 9.41. The van der Waals surface area contributed by atoms with Crippen LogP contribution in [0.25, 0.3) is 71.4 Å². The molecule has 2 heteroatoms. The van der Waals surface area contributed by atoms with Crippen LogP contribution in [0.4, 0.5) is 17.1 Å². The van der Waals surface area contributed by atoms with Crippen LogP contribution in [-0.2, 0) is 6.42 Å². The summed E-state index contributed by atoms with van der Waals surface area (Å²) >= 11 is 1.95. The number of aryl methyl sites for hydroxylation is 1. The molecule has 0 unspecified atom stereocenters. The van der Waals surface area contributed by atoms with E-state index in [1.165, 1.54) is 75.8 Å². The lowest BCUT2D eigenvalue weighted by molar-refractivity contribution is 1.02. The minimum Gasteiger partial charge on any atom is -0.309 e. The van der Waals surface area contributed by atoms with Crippen molar-refractivity contribution in [3.8, 4) is 44.5 Å². The molecule has 1 heterocycles. The van der Waals surface area contributed by atoms with Crippen molar-refractivity contribution in [1.29, 1.82) is 0 Å². The van der Waals surface area contributed by atoms with Crippen LogP contribution in [0, 0.1) is 0 Å². The lowest BCUT2D eigenvalue weighted by Crippen LogP contribution is -2.12. The van der Waals surface area contributed by atoms with E-state index < -0.39 is 0 Å². The number of anilines is 3. The quantitative estimate of drug-likeness (QED) is 0.159. The van der Waals surface area contributed by atoms with E-state index in [4.69, 9.17) is 0 Å². The van der Waals surface area contributed by atoms with Crippen molar-refractivity contribution in [2.75, 3.05) is 4.90 Å². The Morgan fingerprint density at radius 1 is 0.426 bits per heavy atom. The van der Waals surface area contributed by atoms with E-state index in [0.29, 0.717) is 0 Å². The van der Waals surface area contributed by atoms with Gasteiger partial charge in [0.1, 0.15) is 0 Å². The molecule has 8 aromatic carbocycles. The molecule has 0 atom stereocenters. The Balaban J connectivity index is 1.10. The first-order valence-electron chi connectivity index (χ1n) is 18.7. The molecule has 0 amide bonds. The predicted molar refractivity (Wildman–Crippen MR) is 233 cm³/mol. The highest BCUT2D eigenvalue weighted by molar-refractivity contribution is 7.19. The summed E-state index contributed by atoms with van der Waals surface area (Å²) in [5, 5.41) is 3.90. The molecule has 0 aliphatic heterocycles. The van der Waals surface area contributed by atoms with Crippen molar-refractivity contribution in [1.82, 2.24) is 0 Å².